The van der Waals surface area contributed by atoms with Gasteiger partial charge in [0.2, 0.25) is 0 Å². The van der Waals surface area contributed by atoms with Crippen molar-refractivity contribution in [3.8, 4) is 0 Å². The van der Waals surface area contributed by atoms with Gasteiger partial charge in [-0.2, -0.15) is 0 Å². The molecule has 0 nitrogen and oxygen atoms in total. The van der Waals surface area contributed by atoms with E-state index in [0.29, 0.717) is 0 Å². The minimum atomic E-state index is 0.115. The summed E-state index contributed by atoms with van der Waals surface area (Å²) in [4.78, 5) is 0. The van der Waals surface area contributed by atoms with E-state index in [1.165, 1.54) is 77.6 Å². The first kappa shape index (κ1) is 41.7. The van der Waals surface area contributed by atoms with Gasteiger partial charge in [-0.05, 0) is 112 Å². The molecule has 0 saturated heterocycles. The molecule has 0 heteroatoms. The Balaban J connectivity index is 1.03. The summed E-state index contributed by atoms with van der Waals surface area (Å²) < 4.78 is 0. The van der Waals surface area contributed by atoms with Gasteiger partial charge in [0.05, 0.1) is 0 Å². The lowest BCUT2D eigenvalue weighted by Crippen LogP contribution is -2.10. The van der Waals surface area contributed by atoms with Gasteiger partial charge in [0.15, 0.2) is 0 Å². The molecular weight excluding hydrogens is 745 g/mol. The van der Waals surface area contributed by atoms with Crippen LogP contribution in [0.2, 0.25) is 0 Å². The van der Waals surface area contributed by atoms with E-state index in [2.05, 4.69) is 272 Å². The predicted octanol–water partition coefficient (Wildman–Crippen LogP) is 17.0. The summed E-state index contributed by atoms with van der Waals surface area (Å²) in [6, 6.07) is 70.3. The number of rotatable bonds is 10. The van der Waals surface area contributed by atoms with Crippen LogP contribution in [0.1, 0.15) is 108 Å². The molecule has 0 aliphatic rings. The smallest absolute Gasteiger partial charge is 0.00389 e. The van der Waals surface area contributed by atoms with E-state index in [4.69, 9.17) is 0 Å². The zero-order valence-corrected chi connectivity index (χ0v) is 36.9. The molecule has 0 amide bonds. The summed E-state index contributed by atoms with van der Waals surface area (Å²) in [5, 5.41) is 2.47. The molecule has 8 aromatic carbocycles. The second-order valence-electron chi connectivity index (χ2n) is 18.3. The van der Waals surface area contributed by atoms with E-state index in [0.717, 1.165) is 11.1 Å². The van der Waals surface area contributed by atoms with Gasteiger partial charge in [0, 0.05) is 0 Å². The third kappa shape index (κ3) is 10.1. The molecule has 0 radical (unpaired) electrons. The van der Waals surface area contributed by atoms with Crippen LogP contribution in [-0.4, -0.2) is 0 Å². The Bertz CT molecular complexity index is 2670. The Morgan fingerprint density at radius 2 is 0.645 bits per heavy atom. The molecule has 8 aromatic rings. The highest BCUT2D eigenvalue weighted by molar-refractivity contribution is 6.00. The number of fused-ring (bicyclic) bond motifs is 1. The first-order valence-electron chi connectivity index (χ1n) is 21.8. The van der Waals surface area contributed by atoms with Gasteiger partial charge >= 0.3 is 0 Å². The largest absolute Gasteiger partial charge is 0.0622 e. The lowest BCUT2D eigenvalue weighted by molar-refractivity contribution is 0.590. The Kier molecular flexibility index (Phi) is 12.3. The molecule has 0 fully saturated rings. The molecule has 0 aliphatic carbocycles. The van der Waals surface area contributed by atoms with E-state index in [1.54, 1.807) is 0 Å². The van der Waals surface area contributed by atoms with Gasteiger partial charge in [-0.25, -0.2) is 0 Å². The van der Waals surface area contributed by atoms with Crippen LogP contribution in [0.25, 0.3) is 58.4 Å². The number of hydrogen-bond donors (Lipinski definition) is 0. The Morgan fingerprint density at radius 1 is 0.306 bits per heavy atom. The molecule has 0 aliphatic heterocycles. The molecule has 62 heavy (non-hydrogen) atoms. The molecule has 0 unspecified atom stereocenters. The maximum absolute atomic E-state index is 2.30. The molecule has 0 saturated carbocycles. The summed E-state index contributed by atoms with van der Waals surface area (Å²) in [7, 11) is 0. The molecule has 0 aromatic heterocycles. The lowest BCUT2D eigenvalue weighted by Gasteiger charge is -2.19. The van der Waals surface area contributed by atoms with Crippen molar-refractivity contribution in [2.24, 2.45) is 0 Å². The van der Waals surface area contributed by atoms with E-state index < -0.39 is 0 Å². The second-order valence-corrected chi connectivity index (χ2v) is 18.3. The quantitative estimate of drug-likeness (QED) is 0.121. The first-order valence-corrected chi connectivity index (χ1v) is 21.8. The minimum absolute atomic E-state index is 0.115. The summed E-state index contributed by atoms with van der Waals surface area (Å²) in [6.45, 7) is 13.6. The lowest BCUT2D eigenvalue weighted by atomic mass is 9.85. The average Bonchev–Trinajstić information content (AvgIpc) is 3.29. The van der Waals surface area contributed by atoms with Gasteiger partial charge in [-0.1, -0.05) is 260 Å². The van der Waals surface area contributed by atoms with Gasteiger partial charge in [0.1, 0.15) is 0 Å². The highest BCUT2D eigenvalue weighted by Gasteiger charge is 2.16. The SMILES string of the molecule is CC(C)(C)c1ccc(C(=Cc2ccc(C=Cc3cccc4cccc(C=Cc5ccc(C=C(c6ccccc6)c6ccc(C(C)(C)C)cc6)cc5)c34)cc2)c2ccccc2)cc1. The van der Waals surface area contributed by atoms with Gasteiger partial charge in [-0.3, -0.25) is 0 Å². The zero-order valence-electron chi connectivity index (χ0n) is 36.9. The fourth-order valence-corrected chi connectivity index (χ4v) is 7.99. The van der Waals surface area contributed by atoms with E-state index in [1.807, 2.05) is 0 Å². The van der Waals surface area contributed by atoms with Gasteiger partial charge < -0.3 is 0 Å². The van der Waals surface area contributed by atoms with Crippen LogP contribution in [-0.2, 0) is 10.8 Å². The van der Waals surface area contributed by atoms with Crippen LogP contribution in [0, 0.1) is 0 Å². The van der Waals surface area contributed by atoms with Crippen molar-refractivity contribution in [2.45, 2.75) is 52.4 Å². The fraction of sp³-hybridized carbons (Fsp3) is 0.129. The molecule has 0 heterocycles. The van der Waals surface area contributed by atoms with Crippen LogP contribution < -0.4 is 0 Å². The third-order valence-electron chi connectivity index (χ3n) is 11.7. The standard InChI is InChI=1S/C62H56/c1-61(2,3)56-39-35-51(36-40-56)58(49-15-9-7-10-16-49)43-47-27-23-45(24-28-47)31-33-54-21-13-19-53-20-14-22-55(60(53)54)34-32-46-25-29-48(30-26-46)44-59(50-17-11-8-12-18-50)52-37-41-57(42-38-52)62(4,5)6/h7-44H,1-6H3. The Morgan fingerprint density at radius 3 is 1.00 bits per heavy atom. The fourth-order valence-electron chi connectivity index (χ4n) is 7.99. The molecular formula is C62H56. The van der Waals surface area contributed by atoms with Crippen LogP contribution in [0.4, 0.5) is 0 Å². The zero-order chi connectivity index (χ0) is 43.1. The molecule has 0 spiro atoms. The Labute approximate surface area is 370 Å². The van der Waals surface area contributed by atoms with Crippen molar-refractivity contribution in [3.05, 3.63) is 261 Å². The summed E-state index contributed by atoms with van der Waals surface area (Å²) in [6.07, 6.45) is 13.5. The van der Waals surface area contributed by atoms with Crippen molar-refractivity contribution in [3.63, 3.8) is 0 Å². The second kappa shape index (κ2) is 18.3. The highest BCUT2D eigenvalue weighted by atomic mass is 14.2. The summed E-state index contributed by atoms with van der Waals surface area (Å²) in [5.41, 5.74) is 17.2. The van der Waals surface area contributed by atoms with Crippen LogP contribution in [0.5, 0.6) is 0 Å². The molecule has 0 bridgehead atoms. The summed E-state index contributed by atoms with van der Waals surface area (Å²) in [5.74, 6) is 0. The molecule has 0 atom stereocenters. The van der Waals surface area contributed by atoms with E-state index in [-0.39, 0.29) is 10.8 Å². The van der Waals surface area contributed by atoms with Gasteiger partial charge in [-0.15, -0.1) is 0 Å². The van der Waals surface area contributed by atoms with Crippen LogP contribution in [0.3, 0.4) is 0 Å². The van der Waals surface area contributed by atoms with Crippen molar-refractivity contribution in [1.29, 1.82) is 0 Å². The van der Waals surface area contributed by atoms with Crippen molar-refractivity contribution >= 4 is 58.4 Å². The van der Waals surface area contributed by atoms with Gasteiger partial charge in [0.25, 0.3) is 0 Å². The number of benzene rings is 8. The molecule has 0 N–H and O–H groups in total. The first-order chi connectivity index (χ1) is 30.0. The maximum Gasteiger partial charge on any atom is -0.00389 e. The summed E-state index contributed by atoms with van der Waals surface area (Å²) >= 11 is 0. The van der Waals surface area contributed by atoms with Crippen LogP contribution in [0.15, 0.2) is 194 Å². The normalized spacial score (nSPS) is 12.7. The van der Waals surface area contributed by atoms with Crippen molar-refractivity contribution in [1.82, 2.24) is 0 Å². The maximum atomic E-state index is 2.30. The van der Waals surface area contributed by atoms with Crippen molar-refractivity contribution in [2.75, 3.05) is 0 Å². The Hall–Kier alpha value is -7.02. The average molecular weight is 801 g/mol. The van der Waals surface area contributed by atoms with Crippen molar-refractivity contribution < 1.29 is 0 Å². The third-order valence-corrected chi connectivity index (χ3v) is 11.7. The molecule has 304 valence electrons. The predicted molar refractivity (Wildman–Crippen MR) is 272 cm³/mol. The minimum Gasteiger partial charge on any atom is -0.0622 e. The highest BCUT2D eigenvalue weighted by Crippen LogP contribution is 2.32. The van der Waals surface area contributed by atoms with E-state index in [9.17, 15) is 0 Å². The van der Waals surface area contributed by atoms with Crippen LogP contribution >= 0.6 is 0 Å². The monoisotopic (exact) mass is 800 g/mol. The van der Waals surface area contributed by atoms with E-state index >= 15 is 0 Å². The molecule has 8 rings (SSSR count). The topological polar surface area (TPSA) is 0 Å². The number of hydrogen-bond acceptors (Lipinski definition) is 0.